The number of anilines is 1. The van der Waals surface area contributed by atoms with Gasteiger partial charge in [-0.05, 0) is 29.8 Å². The highest BCUT2D eigenvalue weighted by Gasteiger charge is 2.27. The molecule has 1 saturated heterocycles. The summed E-state index contributed by atoms with van der Waals surface area (Å²) in [5.74, 6) is -0.383. The van der Waals surface area contributed by atoms with Gasteiger partial charge in [0.2, 0.25) is 11.7 Å². The fraction of sp³-hybridized carbons (Fsp3) is 0.240. The van der Waals surface area contributed by atoms with Gasteiger partial charge in [0.05, 0.1) is 30.3 Å². The average Bonchev–Trinajstić information content (AvgIpc) is 3.43. The van der Waals surface area contributed by atoms with E-state index in [1.165, 1.54) is 11.3 Å². The second-order valence-corrected chi connectivity index (χ2v) is 9.35. The van der Waals surface area contributed by atoms with Gasteiger partial charge in [-0.25, -0.2) is 4.98 Å². The minimum atomic E-state index is -0.262. The van der Waals surface area contributed by atoms with E-state index in [2.05, 4.69) is 10.3 Å². The summed E-state index contributed by atoms with van der Waals surface area (Å²) >= 11 is 7.57. The van der Waals surface area contributed by atoms with Gasteiger partial charge >= 0.3 is 0 Å². The number of amides is 2. The number of hydrogen-bond acceptors (Lipinski definition) is 6. The van der Waals surface area contributed by atoms with E-state index in [-0.39, 0.29) is 24.0 Å². The molecule has 2 amide bonds. The number of carbonyl (C=O) groups is 2. The third-order valence-corrected chi connectivity index (χ3v) is 6.67. The quantitative estimate of drug-likeness (QED) is 0.416. The molecule has 174 valence electrons. The minimum Gasteiger partial charge on any atom is -0.449 e. The van der Waals surface area contributed by atoms with Gasteiger partial charge in [-0.2, -0.15) is 0 Å². The van der Waals surface area contributed by atoms with Crippen molar-refractivity contribution in [3.63, 3.8) is 0 Å². The van der Waals surface area contributed by atoms with Crippen LogP contribution in [0, 0.1) is 0 Å². The summed E-state index contributed by atoms with van der Waals surface area (Å²) in [6, 6.07) is 14.9. The lowest BCUT2D eigenvalue weighted by atomic mass is 10.1. The molecule has 1 aliphatic rings. The molecule has 5 rings (SSSR count). The van der Waals surface area contributed by atoms with Gasteiger partial charge in [0.1, 0.15) is 11.3 Å². The fourth-order valence-corrected chi connectivity index (χ4v) is 4.95. The number of carbonyl (C=O) groups excluding carboxylic acids is 2. The number of nitrogens with zero attached hydrogens (tertiary/aromatic N) is 2. The van der Waals surface area contributed by atoms with E-state index < -0.39 is 0 Å². The molecule has 0 atom stereocenters. The van der Waals surface area contributed by atoms with E-state index in [0.29, 0.717) is 60.1 Å². The van der Waals surface area contributed by atoms with E-state index in [1.54, 1.807) is 11.0 Å². The number of ether oxygens (including phenoxy) is 1. The number of morpholine rings is 1. The van der Waals surface area contributed by atoms with Crippen LogP contribution < -0.4 is 5.32 Å². The van der Waals surface area contributed by atoms with Crippen molar-refractivity contribution in [2.75, 3.05) is 31.6 Å². The van der Waals surface area contributed by atoms with Crippen LogP contribution in [0.3, 0.4) is 0 Å². The summed E-state index contributed by atoms with van der Waals surface area (Å²) in [5.41, 5.74) is 2.68. The molecule has 0 bridgehead atoms. The summed E-state index contributed by atoms with van der Waals surface area (Å²) in [6.45, 7) is 1.93. The van der Waals surface area contributed by atoms with Gasteiger partial charge in [-0.15, -0.1) is 11.3 Å². The molecule has 0 aliphatic carbocycles. The molecule has 0 radical (unpaired) electrons. The van der Waals surface area contributed by atoms with Crippen LogP contribution in [0.1, 0.15) is 26.8 Å². The first-order valence-corrected chi connectivity index (χ1v) is 12.2. The third kappa shape index (κ3) is 4.99. The molecule has 0 spiro atoms. The Labute approximate surface area is 205 Å². The van der Waals surface area contributed by atoms with Crippen LogP contribution in [0.2, 0.25) is 5.02 Å². The zero-order valence-electron chi connectivity index (χ0n) is 18.3. The van der Waals surface area contributed by atoms with Gasteiger partial charge in [-0.3, -0.25) is 9.59 Å². The maximum Gasteiger partial charge on any atom is 0.291 e. The molecule has 34 heavy (non-hydrogen) atoms. The molecular formula is C25H22ClN3O4S. The number of para-hydroxylation sites is 1. The molecule has 1 fully saturated rings. The van der Waals surface area contributed by atoms with E-state index in [9.17, 15) is 9.59 Å². The van der Waals surface area contributed by atoms with Crippen molar-refractivity contribution >= 4 is 51.4 Å². The minimum absolute atomic E-state index is 0.0940. The van der Waals surface area contributed by atoms with Gasteiger partial charge in [0.15, 0.2) is 0 Å². The SMILES string of the molecule is O=C(Cc1csc(Cc2cccc(Cl)c2)n1)Nc1c(C(=O)N2CCOCC2)oc2ccccc12. The lowest BCUT2D eigenvalue weighted by molar-refractivity contribution is -0.115. The number of aromatic nitrogens is 1. The second kappa shape index (κ2) is 9.97. The molecule has 3 heterocycles. The third-order valence-electron chi connectivity index (χ3n) is 5.54. The highest BCUT2D eigenvalue weighted by molar-refractivity contribution is 7.09. The van der Waals surface area contributed by atoms with Crippen LogP contribution >= 0.6 is 22.9 Å². The number of hydrogen-bond donors (Lipinski definition) is 1. The summed E-state index contributed by atoms with van der Waals surface area (Å²) in [5, 5.41) is 7.06. The summed E-state index contributed by atoms with van der Waals surface area (Å²) in [6.07, 6.45) is 0.744. The van der Waals surface area contributed by atoms with Crippen LogP contribution in [-0.4, -0.2) is 48.0 Å². The van der Waals surface area contributed by atoms with Gasteiger partial charge in [0, 0.05) is 35.3 Å². The van der Waals surface area contributed by atoms with Gasteiger partial charge < -0.3 is 19.4 Å². The standard InChI is InChI=1S/C25H22ClN3O4S/c26-17-5-3-4-16(12-17)13-22-27-18(15-34-22)14-21(30)28-23-19-6-1-2-7-20(19)33-24(23)25(31)29-8-10-32-11-9-29/h1-7,12,15H,8-11,13-14H2,(H,28,30). The summed E-state index contributed by atoms with van der Waals surface area (Å²) < 4.78 is 11.2. The average molecular weight is 496 g/mol. The van der Waals surface area contributed by atoms with Crippen LogP contribution in [0.25, 0.3) is 11.0 Å². The molecule has 4 aromatic rings. The highest BCUT2D eigenvalue weighted by atomic mass is 35.5. The number of halogens is 1. The molecular weight excluding hydrogens is 474 g/mol. The Kier molecular flexibility index (Phi) is 6.62. The summed E-state index contributed by atoms with van der Waals surface area (Å²) in [7, 11) is 0. The number of nitrogens with one attached hydrogen (secondary N) is 1. The Bertz CT molecular complexity index is 1340. The zero-order chi connectivity index (χ0) is 23.5. The maximum absolute atomic E-state index is 13.1. The second-order valence-electron chi connectivity index (χ2n) is 7.97. The van der Waals surface area contributed by atoms with Crippen molar-refractivity contribution in [3.8, 4) is 0 Å². The van der Waals surface area contributed by atoms with E-state index in [4.69, 9.17) is 20.8 Å². The first-order chi connectivity index (χ1) is 16.6. The highest BCUT2D eigenvalue weighted by Crippen LogP contribution is 2.32. The topological polar surface area (TPSA) is 84.7 Å². The van der Waals surface area contributed by atoms with Crippen molar-refractivity contribution in [1.29, 1.82) is 0 Å². The van der Waals surface area contributed by atoms with Crippen LogP contribution in [0.4, 0.5) is 5.69 Å². The first kappa shape index (κ1) is 22.6. The Hall–Kier alpha value is -3.20. The Morgan fingerprint density at radius 2 is 1.94 bits per heavy atom. The molecule has 2 aromatic carbocycles. The fourth-order valence-electron chi connectivity index (χ4n) is 3.91. The van der Waals surface area contributed by atoms with Crippen molar-refractivity contribution < 1.29 is 18.7 Å². The molecule has 0 unspecified atom stereocenters. The lowest BCUT2D eigenvalue weighted by Gasteiger charge is -2.26. The Morgan fingerprint density at radius 1 is 1.12 bits per heavy atom. The van der Waals surface area contributed by atoms with Crippen molar-refractivity contribution in [3.05, 3.63) is 81.0 Å². The van der Waals surface area contributed by atoms with E-state index in [0.717, 1.165) is 10.6 Å². The maximum atomic E-state index is 13.1. The molecule has 0 saturated carbocycles. The largest absolute Gasteiger partial charge is 0.449 e. The first-order valence-electron chi connectivity index (χ1n) is 10.9. The monoisotopic (exact) mass is 495 g/mol. The molecule has 7 nitrogen and oxygen atoms in total. The van der Waals surface area contributed by atoms with Gasteiger partial charge in [0.25, 0.3) is 5.91 Å². The Morgan fingerprint density at radius 3 is 2.76 bits per heavy atom. The van der Waals surface area contributed by atoms with E-state index in [1.807, 2.05) is 47.8 Å². The Balaban J connectivity index is 1.32. The molecule has 9 heteroatoms. The smallest absolute Gasteiger partial charge is 0.291 e. The number of fused-ring (bicyclic) bond motifs is 1. The number of furan rings is 1. The van der Waals surface area contributed by atoms with Crippen LogP contribution in [0.5, 0.6) is 0 Å². The molecule has 1 N–H and O–H groups in total. The molecule has 1 aliphatic heterocycles. The van der Waals surface area contributed by atoms with Crippen LogP contribution in [0.15, 0.2) is 58.3 Å². The van der Waals surface area contributed by atoms with Crippen LogP contribution in [-0.2, 0) is 22.4 Å². The number of rotatable bonds is 6. The normalized spacial score (nSPS) is 13.9. The van der Waals surface area contributed by atoms with Crippen molar-refractivity contribution in [1.82, 2.24) is 9.88 Å². The van der Waals surface area contributed by atoms with Crippen molar-refractivity contribution in [2.24, 2.45) is 0 Å². The predicted octanol–water partition coefficient (Wildman–Crippen LogP) is 4.79. The molecule has 2 aromatic heterocycles. The summed E-state index contributed by atoms with van der Waals surface area (Å²) in [4.78, 5) is 32.4. The van der Waals surface area contributed by atoms with Crippen molar-refractivity contribution in [2.45, 2.75) is 12.8 Å². The lowest BCUT2D eigenvalue weighted by Crippen LogP contribution is -2.40. The number of benzene rings is 2. The zero-order valence-corrected chi connectivity index (χ0v) is 19.8. The van der Waals surface area contributed by atoms with E-state index >= 15 is 0 Å². The number of thiazole rings is 1. The van der Waals surface area contributed by atoms with Gasteiger partial charge in [-0.1, -0.05) is 35.9 Å². The predicted molar refractivity (Wildman–Crippen MR) is 132 cm³/mol.